The van der Waals surface area contributed by atoms with Crippen molar-refractivity contribution in [3.05, 3.63) is 84.6 Å². The number of nitrogens with one attached hydrogen (secondary N) is 1. The molecule has 1 N–H and O–H groups in total. The molecule has 0 amide bonds. The number of rotatable bonds is 8. The maximum absolute atomic E-state index is 6.26. The van der Waals surface area contributed by atoms with E-state index in [1.165, 1.54) is 11.1 Å². The Bertz CT molecular complexity index is 776. The van der Waals surface area contributed by atoms with Crippen LogP contribution in [0.2, 0.25) is 0 Å². The zero-order valence-electron chi connectivity index (χ0n) is 18.5. The molecule has 0 saturated carbocycles. The van der Waals surface area contributed by atoms with Gasteiger partial charge in [0.05, 0.1) is 17.5 Å². The van der Waals surface area contributed by atoms with E-state index in [0.717, 1.165) is 38.9 Å². The van der Waals surface area contributed by atoms with Crippen molar-refractivity contribution in [3.8, 4) is 0 Å². The Morgan fingerprint density at radius 2 is 2.20 bits per heavy atom. The molecule has 3 nitrogen and oxygen atoms in total. The minimum atomic E-state index is -0.260. The van der Waals surface area contributed by atoms with E-state index in [9.17, 15) is 0 Å². The van der Waals surface area contributed by atoms with Gasteiger partial charge >= 0.3 is 0 Å². The maximum atomic E-state index is 6.26. The van der Waals surface area contributed by atoms with Gasteiger partial charge in [-0.15, -0.1) is 9.24 Å². The molecule has 0 aromatic carbocycles. The van der Waals surface area contributed by atoms with Gasteiger partial charge in [-0.3, -0.25) is 4.90 Å². The number of nitrogens with zero attached hydrogens (tertiary/aromatic N) is 1. The van der Waals surface area contributed by atoms with Gasteiger partial charge < -0.3 is 10.1 Å². The van der Waals surface area contributed by atoms with Crippen molar-refractivity contribution in [1.29, 1.82) is 0 Å². The summed E-state index contributed by atoms with van der Waals surface area (Å²) in [6.45, 7) is 8.76. The van der Waals surface area contributed by atoms with Gasteiger partial charge in [0.2, 0.25) is 0 Å². The van der Waals surface area contributed by atoms with E-state index in [1.807, 2.05) is 13.1 Å². The predicted octanol–water partition coefficient (Wildman–Crippen LogP) is 4.94. The minimum absolute atomic E-state index is 0.100. The molecule has 5 atom stereocenters. The highest BCUT2D eigenvalue weighted by Gasteiger charge is 2.49. The fourth-order valence-electron chi connectivity index (χ4n) is 5.10. The standard InChI is InChI=1S/C26H37N2OP/c1-4-12-21(13-5-2)26(22-14-8-6-9-15-22,23-16-10-7-11-17-23)28-19-24(18-27-3)29-25(30)20-28/h4-6,8-10,12-14,16-17,22,24-25,27H,1,7,11,15,18-20,30H2,2-3H3/b13-5-,21-12+/t22-,24?,25?,26?/m0/s1. The van der Waals surface area contributed by atoms with Gasteiger partial charge in [0.1, 0.15) is 0 Å². The van der Waals surface area contributed by atoms with Crippen LogP contribution in [0.1, 0.15) is 26.2 Å². The molecule has 0 spiro atoms. The zero-order valence-corrected chi connectivity index (χ0v) is 19.6. The molecule has 1 fully saturated rings. The lowest BCUT2D eigenvalue weighted by atomic mass is 9.67. The molecule has 4 heteroatoms. The average molecular weight is 425 g/mol. The number of morpholine rings is 1. The van der Waals surface area contributed by atoms with E-state index < -0.39 is 0 Å². The van der Waals surface area contributed by atoms with Gasteiger partial charge in [-0.1, -0.05) is 73.4 Å². The van der Waals surface area contributed by atoms with Crippen molar-refractivity contribution in [2.24, 2.45) is 5.92 Å². The predicted molar refractivity (Wildman–Crippen MR) is 133 cm³/mol. The van der Waals surface area contributed by atoms with Crippen LogP contribution < -0.4 is 5.32 Å². The van der Waals surface area contributed by atoms with Gasteiger partial charge in [0.15, 0.2) is 0 Å². The minimum Gasteiger partial charge on any atom is -0.367 e. The molecule has 0 radical (unpaired) electrons. The van der Waals surface area contributed by atoms with Crippen LogP contribution in [-0.4, -0.2) is 49.1 Å². The molecule has 162 valence electrons. The van der Waals surface area contributed by atoms with E-state index >= 15 is 0 Å². The van der Waals surface area contributed by atoms with Gasteiger partial charge in [0.25, 0.3) is 0 Å². The Labute approximate surface area is 185 Å². The smallest absolute Gasteiger partial charge is 0.0840 e. The molecule has 3 rings (SSSR count). The second-order valence-electron chi connectivity index (χ2n) is 8.18. The lowest BCUT2D eigenvalue weighted by Crippen LogP contribution is -2.63. The van der Waals surface area contributed by atoms with Crippen molar-refractivity contribution >= 4 is 9.24 Å². The highest BCUT2D eigenvalue weighted by atomic mass is 31.0. The molecule has 30 heavy (non-hydrogen) atoms. The van der Waals surface area contributed by atoms with Gasteiger partial charge in [-0.25, -0.2) is 0 Å². The largest absolute Gasteiger partial charge is 0.367 e. The third-order valence-corrected chi connectivity index (χ3v) is 6.53. The second kappa shape index (κ2) is 11.2. The number of likely N-dealkylation sites (N-methyl/N-ethyl adjacent to an activating group) is 1. The van der Waals surface area contributed by atoms with Crippen LogP contribution in [0.25, 0.3) is 0 Å². The van der Waals surface area contributed by atoms with Crippen LogP contribution in [0.4, 0.5) is 0 Å². The molecule has 3 aliphatic rings. The first-order chi connectivity index (χ1) is 14.7. The average Bonchev–Trinajstić information content (AvgIpc) is 2.76. The SMILES string of the molecule is C=C/C=C(\C=C/C)C(C1=CCCC=C1)([C@H]1C=CC=CC1)N1CC(P)OC(CNC)C1. The van der Waals surface area contributed by atoms with Crippen molar-refractivity contribution in [1.82, 2.24) is 10.2 Å². The summed E-state index contributed by atoms with van der Waals surface area (Å²) in [5.41, 5.74) is 2.43. The Hall–Kier alpha value is -1.51. The fourth-order valence-corrected chi connectivity index (χ4v) is 5.57. The fraction of sp³-hybridized carbons (Fsp3) is 0.462. The first-order valence-electron chi connectivity index (χ1n) is 11.1. The Kier molecular flexibility index (Phi) is 8.65. The monoisotopic (exact) mass is 424 g/mol. The molecule has 2 aliphatic carbocycles. The molecule has 1 saturated heterocycles. The summed E-state index contributed by atoms with van der Waals surface area (Å²) in [6.07, 6.45) is 28.2. The summed E-state index contributed by atoms with van der Waals surface area (Å²) >= 11 is 0. The maximum Gasteiger partial charge on any atom is 0.0840 e. The quantitative estimate of drug-likeness (QED) is 0.441. The van der Waals surface area contributed by atoms with Gasteiger partial charge in [-0.2, -0.15) is 0 Å². The third-order valence-electron chi connectivity index (χ3n) is 6.16. The lowest BCUT2D eigenvalue weighted by molar-refractivity contribution is -0.0735. The number of hydrogen-bond donors (Lipinski definition) is 1. The topological polar surface area (TPSA) is 24.5 Å². The van der Waals surface area contributed by atoms with Crippen LogP contribution in [0.3, 0.4) is 0 Å². The number of hydrogen-bond acceptors (Lipinski definition) is 3. The summed E-state index contributed by atoms with van der Waals surface area (Å²) < 4.78 is 6.26. The molecule has 1 aliphatic heterocycles. The van der Waals surface area contributed by atoms with Crippen LogP contribution in [-0.2, 0) is 4.74 Å². The summed E-state index contributed by atoms with van der Waals surface area (Å²) in [5, 5.41) is 3.31. The molecule has 1 heterocycles. The highest BCUT2D eigenvalue weighted by Crippen LogP contribution is 2.46. The Morgan fingerprint density at radius 3 is 2.83 bits per heavy atom. The molecule has 0 aromatic heterocycles. The normalized spacial score (nSPS) is 29.8. The van der Waals surface area contributed by atoms with E-state index in [2.05, 4.69) is 93.7 Å². The Balaban J connectivity index is 2.21. The summed E-state index contributed by atoms with van der Waals surface area (Å²) in [4.78, 5) is 2.67. The number of allylic oxidation sites excluding steroid dienone is 8. The summed E-state index contributed by atoms with van der Waals surface area (Å²) in [5.74, 6) is 0.438. The van der Waals surface area contributed by atoms with Crippen molar-refractivity contribution in [2.75, 3.05) is 26.7 Å². The van der Waals surface area contributed by atoms with Crippen molar-refractivity contribution in [3.63, 3.8) is 0 Å². The summed E-state index contributed by atoms with van der Waals surface area (Å²) in [7, 11) is 4.90. The van der Waals surface area contributed by atoms with E-state index in [4.69, 9.17) is 4.74 Å². The first-order valence-corrected chi connectivity index (χ1v) is 11.8. The van der Waals surface area contributed by atoms with Gasteiger partial charge in [0, 0.05) is 25.6 Å². The molecule has 4 unspecified atom stereocenters. The first kappa shape index (κ1) is 23.2. The lowest BCUT2D eigenvalue weighted by Gasteiger charge is -2.54. The molecule has 0 bridgehead atoms. The molecule has 0 aromatic rings. The Morgan fingerprint density at radius 1 is 1.33 bits per heavy atom. The second-order valence-corrected chi connectivity index (χ2v) is 8.92. The number of ether oxygens (including phenoxy) is 1. The molecular formula is C26H37N2OP. The third kappa shape index (κ3) is 4.86. The van der Waals surface area contributed by atoms with E-state index in [-0.39, 0.29) is 17.5 Å². The van der Waals surface area contributed by atoms with Gasteiger partial charge in [-0.05, 0) is 44.4 Å². The van der Waals surface area contributed by atoms with E-state index in [0.29, 0.717) is 5.92 Å². The van der Waals surface area contributed by atoms with E-state index in [1.54, 1.807) is 0 Å². The van der Waals surface area contributed by atoms with Crippen LogP contribution in [0.5, 0.6) is 0 Å². The van der Waals surface area contributed by atoms with Crippen molar-refractivity contribution in [2.45, 2.75) is 43.7 Å². The molecular weight excluding hydrogens is 387 g/mol. The van der Waals surface area contributed by atoms with Crippen LogP contribution in [0, 0.1) is 5.92 Å². The van der Waals surface area contributed by atoms with Crippen LogP contribution in [0.15, 0.2) is 84.6 Å². The van der Waals surface area contributed by atoms with Crippen molar-refractivity contribution < 1.29 is 4.74 Å². The van der Waals surface area contributed by atoms with Crippen LogP contribution >= 0.6 is 9.24 Å². The zero-order chi connectivity index (χ0) is 21.4. The highest BCUT2D eigenvalue weighted by molar-refractivity contribution is 7.17. The summed E-state index contributed by atoms with van der Waals surface area (Å²) in [6, 6.07) is 0.